The van der Waals surface area contributed by atoms with Gasteiger partial charge in [0.05, 0.1) is 13.2 Å². The van der Waals surface area contributed by atoms with Crippen molar-refractivity contribution >= 4 is 11.6 Å². The van der Waals surface area contributed by atoms with Gasteiger partial charge in [0.1, 0.15) is 18.0 Å². The van der Waals surface area contributed by atoms with Crippen LogP contribution in [0.1, 0.15) is 12.0 Å². The molecule has 2 aromatic carbocycles. The summed E-state index contributed by atoms with van der Waals surface area (Å²) in [7, 11) is 0. The second-order valence-electron chi connectivity index (χ2n) is 6.82. The molecule has 1 saturated heterocycles. The molecule has 0 saturated carbocycles. The van der Waals surface area contributed by atoms with Crippen molar-refractivity contribution in [1.29, 1.82) is 0 Å². The second kappa shape index (κ2) is 9.08. The van der Waals surface area contributed by atoms with E-state index in [0.717, 1.165) is 13.0 Å². The van der Waals surface area contributed by atoms with E-state index in [9.17, 15) is 14.3 Å². The predicted octanol–water partition coefficient (Wildman–Crippen LogP) is 2.14. The number of amides is 1. The summed E-state index contributed by atoms with van der Waals surface area (Å²) >= 11 is 0. The van der Waals surface area contributed by atoms with Gasteiger partial charge in [-0.2, -0.15) is 0 Å². The average Bonchev–Trinajstić information content (AvgIpc) is 2.71. The summed E-state index contributed by atoms with van der Waals surface area (Å²) in [5, 5.41) is 13.3. The highest BCUT2D eigenvalue weighted by Crippen LogP contribution is 2.26. The number of nitrogens with zero attached hydrogens (tertiary/aromatic N) is 1. The van der Waals surface area contributed by atoms with E-state index in [2.05, 4.69) is 17.4 Å². The summed E-state index contributed by atoms with van der Waals surface area (Å²) in [6, 6.07) is 16.0. The summed E-state index contributed by atoms with van der Waals surface area (Å²) in [6.45, 7) is 1.46. The molecule has 144 valence electrons. The fraction of sp³-hybridized carbons (Fsp3) is 0.381. The third kappa shape index (κ3) is 5.13. The number of morpholine rings is 1. The minimum Gasteiger partial charge on any atom is -0.393 e. The number of nitrogens with one attached hydrogen (secondary N) is 1. The molecule has 2 N–H and O–H groups in total. The molecule has 2 aromatic rings. The normalized spacial score (nSPS) is 20.1. The standard InChI is InChI=1S/C21H25FN2O3/c22-18-6-8-19(9-7-18)24-15-21(16-25,27-14-20(24)26)11-13-23-12-10-17-4-2-1-3-5-17/h1-9,23,25H,10-16H2. The van der Waals surface area contributed by atoms with E-state index in [0.29, 0.717) is 18.7 Å². The minimum atomic E-state index is -0.817. The Labute approximate surface area is 158 Å². The van der Waals surface area contributed by atoms with Gasteiger partial charge in [-0.1, -0.05) is 30.3 Å². The molecule has 1 unspecified atom stereocenters. The maximum Gasteiger partial charge on any atom is 0.253 e. The molecule has 0 spiro atoms. The molecular weight excluding hydrogens is 347 g/mol. The fourth-order valence-corrected chi connectivity index (χ4v) is 3.22. The summed E-state index contributed by atoms with van der Waals surface area (Å²) in [5.74, 6) is -0.543. The number of aliphatic hydroxyl groups is 1. The van der Waals surface area contributed by atoms with E-state index in [4.69, 9.17) is 4.74 Å². The molecule has 0 bridgehead atoms. The highest BCUT2D eigenvalue weighted by atomic mass is 19.1. The number of halogens is 1. The van der Waals surface area contributed by atoms with Gasteiger partial charge in [-0.3, -0.25) is 4.79 Å². The Kier molecular flexibility index (Phi) is 6.55. The summed E-state index contributed by atoms with van der Waals surface area (Å²) in [6.07, 6.45) is 1.50. The first kappa shape index (κ1) is 19.5. The van der Waals surface area contributed by atoms with Crippen LogP contribution in [0.4, 0.5) is 10.1 Å². The van der Waals surface area contributed by atoms with Crippen molar-refractivity contribution < 1.29 is 19.0 Å². The van der Waals surface area contributed by atoms with Crippen LogP contribution in [0.15, 0.2) is 54.6 Å². The third-order valence-corrected chi connectivity index (χ3v) is 4.87. The zero-order chi connectivity index (χ0) is 19.1. The van der Waals surface area contributed by atoms with Crippen molar-refractivity contribution in [3.05, 3.63) is 66.0 Å². The molecule has 0 radical (unpaired) electrons. The average molecular weight is 372 g/mol. The van der Waals surface area contributed by atoms with Gasteiger partial charge in [-0.05, 0) is 55.8 Å². The molecule has 5 nitrogen and oxygen atoms in total. The Hall–Kier alpha value is -2.28. The van der Waals surface area contributed by atoms with E-state index in [1.807, 2.05) is 18.2 Å². The smallest absolute Gasteiger partial charge is 0.253 e. The van der Waals surface area contributed by atoms with E-state index >= 15 is 0 Å². The molecule has 0 aliphatic carbocycles. The number of carbonyl (C=O) groups excluding carboxylic acids is 1. The molecule has 0 aromatic heterocycles. The number of aliphatic hydroxyl groups excluding tert-OH is 1. The summed E-state index contributed by atoms with van der Waals surface area (Å²) < 4.78 is 18.9. The number of rotatable bonds is 8. The van der Waals surface area contributed by atoms with E-state index < -0.39 is 5.60 Å². The van der Waals surface area contributed by atoms with Crippen LogP contribution >= 0.6 is 0 Å². The fourth-order valence-electron chi connectivity index (χ4n) is 3.22. The number of benzene rings is 2. The van der Waals surface area contributed by atoms with Crippen LogP contribution in [-0.4, -0.2) is 49.5 Å². The lowest BCUT2D eigenvalue weighted by molar-refractivity contribution is -0.144. The van der Waals surface area contributed by atoms with Crippen molar-refractivity contribution in [2.45, 2.75) is 18.4 Å². The molecule has 1 heterocycles. The van der Waals surface area contributed by atoms with Gasteiger partial charge in [-0.25, -0.2) is 4.39 Å². The zero-order valence-corrected chi connectivity index (χ0v) is 15.2. The predicted molar refractivity (Wildman–Crippen MR) is 102 cm³/mol. The monoisotopic (exact) mass is 372 g/mol. The Balaban J connectivity index is 1.54. The highest BCUT2D eigenvalue weighted by molar-refractivity contribution is 5.95. The van der Waals surface area contributed by atoms with Crippen molar-refractivity contribution in [2.24, 2.45) is 0 Å². The van der Waals surface area contributed by atoms with E-state index in [-0.39, 0.29) is 31.5 Å². The molecule has 6 heteroatoms. The van der Waals surface area contributed by atoms with Crippen LogP contribution in [0.2, 0.25) is 0 Å². The van der Waals surface area contributed by atoms with Crippen LogP contribution in [-0.2, 0) is 16.0 Å². The molecule has 3 rings (SSSR count). The van der Waals surface area contributed by atoms with Gasteiger partial charge in [0.25, 0.3) is 5.91 Å². The first-order chi connectivity index (χ1) is 13.1. The van der Waals surface area contributed by atoms with Gasteiger partial charge < -0.3 is 20.1 Å². The largest absolute Gasteiger partial charge is 0.393 e. The van der Waals surface area contributed by atoms with Crippen LogP contribution in [0.25, 0.3) is 0 Å². The molecule has 27 heavy (non-hydrogen) atoms. The summed E-state index contributed by atoms with van der Waals surface area (Å²) in [4.78, 5) is 13.8. The van der Waals surface area contributed by atoms with E-state index in [1.54, 1.807) is 17.0 Å². The maximum absolute atomic E-state index is 13.2. The molecule has 1 aliphatic heterocycles. The van der Waals surface area contributed by atoms with Crippen LogP contribution in [0.3, 0.4) is 0 Å². The van der Waals surface area contributed by atoms with Crippen molar-refractivity contribution in [3.8, 4) is 0 Å². The first-order valence-electron chi connectivity index (χ1n) is 9.17. The SMILES string of the molecule is O=C1COC(CO)(CCNCCc2ccccc2)CN1c1ccc(F)cc1. The lowest BCUT2D eigenvalue weighted by Gasteiger charge is -2.41. The molecule has 1 fully saturated rings. The summed E-state index contributed by atoms with van der Waals surface area (Å²) in [5.41, 5.74) is 1.06. The zero-order valence-electron chi connectivity index (χ0n) is 15.2. The van der Waals surface area contributed by atoms with Crippen LogP contribution in [0, 0.1) is 5.82 Å². The molecule has 1 amide bonds. The number of anilines is 1. The number of hydrogen-bond donors (Lipinski definition) is 2. The van der Waals surface area contributed by atoms with Crippen LogP contribution in [0.5, 0.6) is 0 Å². The highest BCUT2D eigenvalue weighted by Gasteiger charge is 2.39. The second-order valence-corrected chi connectivity index (χ2v) is 6.82. The number of carbonyl (C=O) groups is 1. The van der Waals surface area contributed by atoms with Crippen molar-refractivity contribution in [1.82, 2.24) is 5.32 Å². The molecule has 1 aliphatic rings. The molecular formula is C21H25FN2O3. The van der Waals surface area contributed by atoms with Crippen molar-refractivity contribution in [3.63, 3.8) is 0 Å². The lowest BCUT2D eigenvalue weighted by Crippen LogP contribution is -2.57. The molecule has 1 atom stereocenters. The third-order valence-electron chi connectivity index (χ3n) is 4.87. The van der Waals surface area contributed by atoms with Gasteiger partial charge in [-0.15, -0.1) is 0 Å². The first-order valence-corrected chi connectivity index (χ1v) is 9.17. The topological polar surface area (TPSA) is 61.8 Å². The van der Waals surface area contributed by atoms with E-state index in [1.165, 1.54) is 17.7 Å². The Bertz CT molecular complexity index is 739. The van der Waals surface area contributed by atoms with Gasteiger partial charge in [0.2, 0.25) is 0 Å². The minimum absolute atomic E-state index is 0.0953. The van der Waals surface area contributed by atoms with Crippen LogP contribution < -0.4 is 10.2 Å². The van der Waals surface area contributed by atoms with Crippen molar-refractivity contribution in [2.75, 3.05) is 37.7 Å². The van der Waals surface area contributed by atoms with Gasteiger partial charge in [0.15, 0.2) is 0 Å². The Morgan fingerprint density at radius 1 is 1.11 bits per heavy atom. The van der Waals surface area contributed by atoms with Gasteiger partial charge >= 0.3 is 0 Å². The Morgan fingerprint density at radius 3 is 2.56 bits per heavy atom. The lowest BCUT2D eigenvalue weighted by atomic mass is 9.97. The number of hydrogen-bond acceptors (Lipinski definition) is 4. The Morgan fingerprint density at radius 2 is 1.85 bits per heavy atom. The maximum atomic E-state index is 13.2. The quantitative estimate of drug-likeness (QED) is 0.697. The number of ether oxygens (including phenoxy) is 1. The van der Waals surface area contributed by atoms with Gasteiger partial charge in [0, 0.05) is 5.69 Å².